The van der Waals surface area contributed by atoms with E-state index in [0.717, 1.165) is 31.4 Å². The zero-order chi connectivity index (χ0) is 21.6. The fourth-order valence-electron chi connectivity index (χ4n) is 6.00. The van der Waals surface area contributed by atoms with Crippen LogP contribution >= 0.6 is 0 Å². The van der Waals surface area contributed by atoms with Gasteiger partial charge in [-0.1, -0.05) is 12.1 Å². The molecule has 1 spiro atoms. The average Bonchev–Trinajstić information content (AvgIpc) is 2.79. The topological polar surface area (TPSA) is 91.0 Å². The Balaban J connectivity index is 1.25. The summed E-state index contributed by atoms with van der Waals surface area (Å²) >= 11 is 0. The van der Waals surface area contributed by atoms with Crippen molar-refractivity contribution in [1.29, 1.82) is 0 Å². The van der Waals surface area contributed by atoms with Crippen LogP contribution in [-0.2, 0) is 9.53 Å². The van der Waals surface area contributed by atoms with E-state index in [2.05, 4.69) is 10.6 Å². The number of anilines is 1. The maximum atomic E-state index is 13.4. The molecule has 2 N–H and O–H groups in total. The van der Waals surface area contributed by atoms with Gasteiger partial charge in [-0.25, -0.2) is 4.79 Å². The highest BCUT2D eigenvalue weighted by Gasteiger charge is 2.55. The molecule has 4 fully saturated rings. The van der Waals surface area contributed by atoms with E-state index in [-0.39, 0.29) is 35.7 Å². The highest BCUT2D eigenvalue weighted by Crippen LogP contribution is 2.52. The van der Waals surface area contributed by atoms with Gasteiger partial charge < -0.3 is 25.2 Å². The summed E-state index contributed by atoms with van der Waals surface area (Å²) in [5.74, 6) is 0.646. The first-order valence-electron chi connectivity index (χ1n) is 11.4. The summed E-state index contributed by atoms with van der Waals surface area (Å²) in [5, 5.41) is 6.88. The molecule has 1 saturated heterocycles. The van der Waals surface area contributed by atoms with Crippen LogP contribution in [0.4, 0.5) is 10.5 Å². The molecule has 3 unspecified atom stereocenters. The number of hydrogen-bond acceptors (Lipinski definition) is 5. The predicted octanol–water partition coefficient (Wildman–Crippen LogP) is 2.28. The lowest BCUT2D eigenvalue weighted by molar-refractivity contribution is -0.144. The van der Waals surface area contributed by atoms with Crippen LogP contribution in [0.25, 0.3) is 0 Å². The Kier molecular flexibility index (Phi) is 5.02. The summed E-state index contributed by atoms with van der Waals surface area (Å²) < 4.78 is 5.07. The first-order chi connectivity index (χ1) is 15.0. The van der Waals surface area contributed by atoms with E-state index in [1.807, 2.05) is 29.2 Å². The number of piperazine rings is 1. The summed E-state index contributed by atoms with van der Waals surface area (Å²) in [4.78, 5) is 41.6. The molecule has 1 aromatic rings. The average molecular weight is 427 g/mol. The molecule has 4 atom stereocenters. The second kappa shape index (κ2) is 7.73. The maximum Gasteiger partial charge on any atom is 0.409 e. The molecule has 6 rings (SSSR count). The summed E-state index contributed by atoms with van der Waals surface area (Å²) in [6.45, 7) is 4.30. The number of carbonyl (C=O) groups excluding carboxylic acids is 3. The second-order valence-corrected chi connectivity index (χ2v) is 9.19. The van der Waals surface area contributed by atoms with Crippen LogP contribution in [0, 0.1) is 17.8 Å². The van der Waals surface area contributed by atoms with Crippen molar-refractivity contribution in [2.75, 3.05) is 38.1 Å². The Hall–Kier alpha value is -2.77. The Morgan fingerprint density at radius 3 is 2.55 bits per heavy atom. The van der Waals surface area contributed by atoms with Crippen molar-refractivity contribution in [3.63, 3.8) is 0 Å². The van der Waals surface area contributed by atoms with Crippen molar-refractivity contribution in [2.45, 2.75) is 38.3 Å². The molecule has 0 radical (unpaired) electrons. The van der Waals surface area contributed by atoms with Crippen LogP contribution in [0.1, 0.15) is 43.0 Å². The Morgan fingerprint density at radius 2 is 1.84 bits per heavy atom. The van der Waals surface area contributed by atoms with E-state index in [4.69, 9.17) is 4.74 Å². The largest absolute Gasteiger partial charge is 0.450 e. The normalized spacial score (nSPS) is 31.6. The smallest absolute Gasteiger partial charge is 0.409 e. The lowest BCUT2D eigenvalue weighted by atomic mass is 9.58. The van der Waals surface area contributed by atoms with Crippen LogP contribution in [0.3, 0.4) is 0 Å². The number of carbonyl (C=O) groups is 3. The van der Waals surface area contributed by atoms with Crippen LogP contribution in [0.2, 0.25) is 0 Å². The van der Waals surface area contributed by atoms with Crippen molar-refractivity contribution in [1.82, 2.24) is 15.1 Å². The van der Waals surface area contributed by atoms with Crippen molar-refractivity contribution in [3.8, 4) is 0 Å². The minimum atomic E-state index is -0.451. The first-order valence-corrected chi connectivity index (χ1v) is 11.4. The molecule has 3 amide bonds. The van der Waals surface area contributed by atoms with Crippen molar-refractivity contribution in [2.24, 2.45) is 17.8 Å². The molecule has 8 nitrogen and oxygen atoms in total. The number of fused-ring (bicyclic) bond motifs is 3. The van der Waals surface area contributed by atoms with Crippen LogP contribution < -0.4 is 10.6 Å². The maximum absolute atomic E-state index is 13.4. The number of rotatable bonds is 2. The number of nitrogens with one attached hydrogen (secondary N) is 2. The number of nitrogens with zero attached hydrogens (tertiary/aromatic N) is 2. The molecule has 31 heavy (non-hydrogen) atoms. The lowest BCUT2D eigenvalue weighted by Crippen LogP contribution is -2.68. The van der Waals surface area contributed by atoms with Gasteiger partial charge in [0.15, 0.2) is 0 Å². The van der Waals surface area contributed by atoms with E-state index in [9.17, 15) is 14.4 Å². The molecule has 1 aromatic carbocycles. The van der Waals surface area contributed by atoms with Gasteiger partial charge >= 0.3 is 6.09 Å². The number of ether oxygens (including phenoxy) is 1. The van der Waals surface area contributed by atoms with Gasteiger partial charge in [0.1, 0.15) is 5.66 Å². The third-order valence-corrected chi connectivity index (χ3v) is 7.58. The predicted molar refractivity (Wildman–Crippen MR) is 114 cm³/mol. The zero-order valence-electron chi connectivity index (χ0n) is 17.9. The van der Waals surface area contributed by atoms with Gasteiger partial charge in [-0.05, 0) is 50.7 Å². The van der Waals surface area contributed by atoms with Gasteiger partial charge in [-0.3, -0.25) is 9.59 Å². The number of amides is 3. The van der Waals surface area contributed by atoms with Gasteiger partial charge in [0.25, 0.3) is 5.91 Å². The van der Waals surface area contributed by atoms with Crippen molar-refractivity contribution in [3.05, 3.63) is 29.8 Å². The van der Waals surface area contributed by atoms with Gasteiger partial charge in [0.05, 0.1) is 12.2 Å². The van der Waals surface area contributed by atoms with Crippen molar-refractivity contribution < 1.29 is 19.1 Å². The van der Waals surface area contributed by atoms with Crippen LogP contribution in [0.5, 0.6) is 0 Å². The Bertz CT molecular complexity index is 897. The Labute approximate surface area is 182 Å². The van der Waals surface area contributed by atoms with Crippen molar-refractivity contribution >= 4 is 23.6 Å². The van der Waals surface area contributed by atoms with E-state index >= 15 is 0 Å². The highest BCUT2D eigenvalue weighted by atomic mass is 16.6. The molecule has 3 aliphatic carbocycles. The number of benzene rings is 1. The standard InChI is InChI=1S/C23H30N4O4/c1-2-31-22(30)27-11-9-26(10-12-27)21(29)18-13-16-8-7-15(18)14-23(16)24-19-6-4-3-5-17(19)20(28)25-23/h3-6,15-16,18,24H,2,7-14H2,1H3,(H,25,28)/t15?,16?,18?,23-/m1/s1. The van der Waals surface area contributed by atoms with Gasteiger partial charge in [-0.15, -0.1) is 0 Å². The monoisotopic (exact) mass is 426 g/mol. The summed E-state index contributed by atoms with van der Waals surface area (Å²) in [7, 11) is 0. The minimum absolute atomic E-state index is 0.00519. The lowest BCUT2D eigenvalue weighted by Gasteiger charge is -2.57. The van der Waals surface area contributed by atoms with E-state index in [0.29, 0.717) is 38.3 Å². The molecular weight excluding hydrogens is 396 g/mol. The van der Waals surface area contributed by atoms with E-state index in [1.54, 1.807) is 11.8 Å². The second-order valence-electron chi connectivity index (χ2n) is 9.19. The third kappa shape index (κ3) is 3.42. The van der Waals surface area contributed by atoms with Gasteiger partial charge in [0.2, 0.25) is 5.91 Å². The molecule has 0 aromatic heterocycles. The molecule has 166 valence electrons. The van der Waals surface area contributed by atoms with Gasteiger partial charge in [0, 0.05) is 43.7 Å². The summed E-state index contributed by atoms with van der Waals surface area (Å²) in [6.07, 6.45) is 3.30. The number of para-hydroxylation sites is 1. The van der Waals surface area contributed by atoms with Crippen LogP contribution in [0.15, 0.2) is 24.3 Å². The molecule has 2 aliphatic heterocycles. The summed E-state index contributed by atoms with van der Waals surface area (Å²) in [5.41, 5.74) is 1.12. The molecule has 2 bridgehead atoms. The highest BCUT2D eigenvalue weighted by molar-refractivity contribution is 6.02. The summed E-state index contributed by atoms with van der Waals surface area (Å²) in [6, 6.07) is 7.63. The van der Waals surface area contributed by atoms with E-state index < -0.39 is 5.66 Å². The molecule has 3 saturated carbocycles. The van der Waals surface area contributed by atoms with Gasteiger partial charge in [-0.2, -0.15) is 0 Å². The molecule has 2 heterocycles. The molecule has 5 aliphatic rings. The SMILES string of the molecule is CCOC(=O)N1CCN(C(=O)C2CC3CCC2C[C@@]32NC(=O)c3ccccc3N2)CC1. The fourth-order valence-corrected chi connectivity index (χ4v) is 6.00. The number of hydrogen-bond donors (Lipinski definition) is 2. The quantitative estimate of drug-likeness (QED) is 0.757. The first kappa shape index (κ1) is 20.2. The molecular formula is C23H30N4O4. The fraction of sp³-hybridized carbons (Fsp3) is 0.609. The minimum Gasteiger partial charge on any atom is -0.450 e. The van der Waals surface area contributed by atoms with E-state index in [1.165, 1.54) is 0 Å². The Morgan fingerprint density at radius 1 is 1.10 bits per heavy atom. The van der Waals surface area contributed by atoms with Crippen LogP contribution in [-0.4, -0.2) is 66.2 Å². The third-order valence-electron chi connectivity index (χ3n) is 7.58. The zero-order valence-corrected chi connectivity index (χ0v) is 17.9. The molecule has 8 heteroatoms.